The Labute approximate surface area is 137 Å². The smallest absolute Gasteiger partial charge is 0.250 e. The van der Waals surface area contributed by atoms with Gasteiger partial charge in [-0.05, 0) is 42.5 Å². The first-order valence-electron chi connectivity index (χ1n) is 6.87. The van der Waals surface area contributed by atoms with E-state index in [4.69, 9.17) is 9.15 Å². The minimum absolute atomic E-state index is 0.253. The highest BCUT2D eigenvalue weighted by molar-refractivity contribution is 7.14. The highest BCUT2D eigenvalue weighted by Gasteiger charge is 2.06. The fourth-order valence-electron chi connectivity index (χ4n) is 1.92. The molecule has 0 fully saturated rings. The quantitative estimate of drug-likeness (QED) is 0.718. The van der Waals surface area contributed by atoms with Crippen molar-refractivity contribution in [3.8, 4) is 17.0 Å². The number of hydrogen-bond donors (Lipinski definition) is 1. The number of benzene rings is 1. The molecule has 0 saturated heterocycles. The fraction of sp³-hybridized carbons (Fsp3) is 0.0588. The van der Waals surface area contributed by atoms with Crippen LogP contribution < -0.4 is 10.1 Å². The molecule has 0 bridgehead atoms. The number of nitrogens with one attached hydrogen (secondary N) is 1. The lowest BCUT2D eigenvalue weighted by molar-refractivity contribution is -0.111. The van der Waals surface area contributed by atoms with Gasteiger partial charge in [0.2, 0.25) is 5.91 Å². The molecule has 1 aromatic carbocycles. The molecule has 0 aliphatic rings. The van der Waals surface area contributed by atoms with Gasteiger partial charge in [-0.2, -0.15) is 0 Å². The topological polar surface area (TPSA) is 64.4 Å². The zero-order valence-electron chi connectivity index (χ0n) is 12.4. The average Bonchev–Trinajstić information content (AvgIpc) is 3.25. The first-order chi connectivity index (χ1) is 11.2. The van der Waals surface area contributed by atoms with Crippen LogP contribution in [0.25, 0.3) is 17.3 Å². The number of nitrogens with zero attached hydrogens (tertiary/aromatic N) is 1. The van der Waals surface area contributed by atoms with Crippen LogP contribution in [0.5, 0.6) is 5.75 Å². The molecular weight excluding hydrogens is 312 g/mol. The lowest BCUT2D eigenvalue weighted by Crippen LogP contribution is -2.07. The van der Waals surface area contributed by atoms with E-state index in [1.54, 1.807) is 31.6 Å². The second-order valence-electron chi connectivity index (χ2n) is 4.60. The van der Waals surface area contributed by atoms with Crippen LogP contribution in [0.3, 0.4) is 0 Å². The molecule has 3 rings (SSSR count). The van der Waals surface area contributed by atoms with Crippen LogP contribution in [0.4, 0.5) is 5.13 Å². The Balaban J connectivity index is 1.65. The van der Waals surface area contributed by atoms with E-state index in [1.807, 2.05) is 29.6 Å². The van der Waals surface area contributed by atoms with E-state index in [1.165, 1.54) is 17.4 Å². The predicted octanol–water partition coefficient (Wildman–Crippen LogP) is 4.06. The largest absolute Gasteiger partial charge is 0.497 e. The third-order valence-corrected chi connectivity index (χ3v) is 3.82. The zero-order chi connectivity index (χ0) is 16.1. The molecule has 0 aliphatic heterocycles. The van der Waals surface area contributed by atoms with Crippen LogP contribution >= 0.6 is 11.3 Å². The number of furan rings is 1. The summed E-state index contributed by atoms with van der Waals surface area (Å²) in [6.45, 7) is 0. The van der Waals surface area contributed by atoms with E-state index in [2.05, 4.69) is 10.3 Å². The first kappa shape index (κ1) is 15.1. The highest BCUT2D eigenvalue weighted by Crippen LogP contribution is 2.26. The van der Waals surface area contributed by atoms with Gasteiger partial charge in [0.05, 0.1) is 19.1 Å². The van der Waals surface area contributed by atoms with Crippen molar-refractivity contribution in [2.45, 2.75) is 0 Å². The van der Waals surface area contributed by atoms with Gasteiger partial charge in [-0.1, -0.05) is 0 Å². The summed E-state index contributed by atoms with van der Waals surface area (Å²) in [5.74, 6) is 1.16. The normalized spacial score (nSPS) is 10.8. The number of thiazole rings is 1. The molecule has 116 valence electrons. The van der Waals surface area contributed by atoms with Crippen molar-refractivity contribution >= 4 is 28.5 Å². The molecule has 1 N–H and O–H groups in total. The van der Waals surface area contributed by atoms with Gasteiger partial charge in [0.25, 0.3) is 0 Å². The Morgan fingerprint density at radius 1 is 1.30 bits per heavy atom. The number of anilines is 1. The third-order valence-electron chi connectivity index (χ3n) is 3.06. The van der Waals surface area contributed by atoms with Gasteiger partial charge in [0.1, 0.15) is 11.5 Å². The van der Waals surface area contributed by atoms with Crippen molar-refractivity contribution in [3.63, 3.8) is 0 Å². The van der Waals surface area contributed by atoms with Crippen molar-refractivity contribution in [1.82, 2.24) is 4.98 Å². The Bertz CT molecular complexity index is 805. The molecule has 0 atom stereocenters. The van der Waals surface area contributed by atoms with Gasteiger partial charge in [0.15, 0.2) is 5.13 Å². The Kier molecular flexibility index (Phi) is 4.54. The van der Waals surface area contributed by atoms with Crippen LogP contribution in [0.2, 0.25) is 0 Å². The summed E-state index contributed by atoms with van der Waals surface area (Å²) in [5.41, 5.74) is 1.77. The highest BCUT2D eigenvalue weighted by atomic mass is 32.1. The Morgan fingerprint density at radius 3 is 2.83 bits per heavy atom. The standard InChI is InChI=1S/C17H14N2O3S/c1-21-13-6-4-12(5-7-13)15-11-23-17(18-15)19-16(20)9-8-14-3-2-10-22-14/h2-11H,1H3,(H,18,19,20)/b9-8+. The summed E-state index contributed by atoms with van der Waals surface area (Å²) in [6, 6.07) is 11.1. The van der Waals surface area contributed by atoms with Crippen LogP contribution in [0.15, 0.2) is 58.5 Å². The lowest BCUT2D eigenvalue weighted by atomic mass is 10.2. The fourth-order valence-corrected chi connectivity index (χ4v) is 2.64. The number of carbonyl (C=O) groups excluding carboxylic acids is 1. The molecule has 1 amide bonds. The van der Waals surface area contributed by atoms with Gasteiger partial charge in [-0.25, -0.2) is 4.98 Å². The summed E-state index contributed by atoms with van der Waals surface area (Å²) >= 11 is 1.37. The van der Waals surface area contributed by atoms with Crippen molar-refractivity contribution in [3.05, 3.63) is 59.9 Å². The van der Waals surface area contributed by atoms with Crippen molar-refractivity contribution in [2.75, 3.05) is 12.4 Å². The van der Waals surface area contributed by atoms with E-state index in [0.717, 1.165) is 17.0 Å². The number of amides is 1. The number of rotatable bonds is 5. The number of carbonyl (C=O) groups is 1. The summed E-state index contributed by atoms with van der Waals surface area (Å²) in [5, 5.41) is 5.18. The van der Waals surface area contributed by atoms with Gasteiger partial charge in [-0.15, -0.1) is 11.3 Å². The summed E-state index contributed by atoms with van der Waals surface area (Å²) in [7, 11) is 1.63. The molecular formula is C17H14N2O3S. The van der Waals surface area contributed by atoms with Gasteiger partial charge >= 0.3 is 0 Å². The van der Waals surface area contributed by atoms with Crippen molar-refractivity contribution in [1.29, 1.82) is 0 Å². The van der Waals surface area contributed by atoms with Crippen LogP contribution in [-0.2, 0) is 4.79 Å². The molecule has 2 aromatic heterocycles. The van der Waals surface area contributed by atoms with Gasteiger partial charge in [0, 0.05) is 17.0 Å². The van der Waals surface area contributed by atoms with Crippen LogP contribution in [0.1, 0.15) is 5.76 Å². The molecule has 6 heteroatoms. The van der Waals surface area contributed by atoms with E-state index >= 15 is 0 Å². The average molecular weight is 326 g/mol. The Morgan fingerprint density at radius 2 is 2.13 bits per heavy atom. The third kappa shape index (κ3) is 3.87. The minimum atomic E-state index is -0.253. The second-order valence-corrected chi connectivity index (χ2v) is 5.46. The molecule has 0 unspecified atom stereocenters. The van der Waals surface area contributed by atoms with Gasteiger partial charge in [-0.3, -0.25) is 10.1 Å². The summed E-state index contributed by atoms with van der Waals surface area (Å²) in [6.07, 6.45) is 4.57. The maximum Gasteiger partial charge on any atom is 0.250 e. The molecule has 0 radical (unpaired) electrons. The van der Waals surface area contributed by atoms with E-state index < -0.39 is 0 Å². The summed E-state index contributed by atoms with van der Waals surface area (Å²) in [4.78, 5) is 16.3. The minimum Gasteiger partial charge on any atom is -0.497 e. The summed E-state index contributed by atoms with van der Waals surface area (Å²) < 4.78 is 10.3. The number of hydrogen-bond acceptors (Lipinski definition) is 5. The van der Waals surface area contributed by atoms with Crippen LogP contribution in [0, 0.1) is 0 Å². The van der Waals surface area contributed by atoms with Crippen molar-refractivity contribution in [2.24, 2.45) is 0 Å². The maximum absolute atomic E-state index is 11.8. The van der Waals surface area contributed by atoms with E-state index in [-0.39, 0.29) is 5.91 Å². The second kappa shape index (κ2) is 6.93. The molecule has 2 heterocycles. The monoisotopic (exact) mass is 326 g/mol. The van der Waals surface area contributed by atoms with E-state index in [0.29, 0.717) is 10.9 Å². The number of aromatic nitrogens is 1. The SMILES string of the molecule is COc1ccc(-c2csc(NC(=O)/C=C/c3ccco3)n2)cc1. The van der Waals surface area contributed by atoms with Crippen LogP contribution in [-0.4, -0.2) is 18.0 Å². The Hall–Kier alpha value is -2.86. The molecule has 0 saturated carbocycles. The first-order valence-corrected chi connectivity index (χ1v) is 7.75. The number of ether oxygens (including phenoxy) is 1. The van der Waals surface area contributed by atoms with E-state index in [9.17, 15) is 4.79 Å². The maximum atomic E-state index is 11.8. The van der Waals surface area contributed by atoms with Crippen molar-refractivity contribution < 1.29 is 13.9 Å². The molecule has 0 aliphatic carbocycles. The zero-order valence-corrected chi connectivity index (χ0v) is 13.2. The molecule has 23 heavy (non-hydrogen) atoms. The van der Waals surface area contributed by atoms with Gasteiger partial charge < -0.3 is 9.15 Å². The molecule has 3 aromatic rings. The predicted molar refractivity (Wildman–Crippen MR) is 90.5 cm³/mol. The number of methoxy groups -OCH3 is 1. The molecule has 5 nitrogen and oxygen atoms in total. The molecule has 0 spiro atoms. The lowest BCUT2D eigenvalue weighted by Gasteiger charge is -2.00.